The third kappa shape index (κ3) is 5.36. The highest BCUT2D eigenvalue weighted by atomic mass is 35.5. The van der Waals surface area contributed by atoms with Crippen molar-refractivity contribution in [2.24, 2.45) is 0 Å². The average molecular weight is 201 g/mol. The molecule has 0 bridgehead atoms. The van der Waals surface area contributed by atoms with Crippen LogP contribution in [-0.2, 0) is 4.57 Å². The molecule has 1 N–H and O–H groups in total. The van der Waals surface area contributed by atoms with E-state index in [4.69, 9.17) is 16.5 Å². The molecule has 0 saturated heterocycles. The van der Waals surface area contributed by atoms with Crippen LogP contribution >= 0.6 is 30.7 Å². The lowest BCUT2D eigenvalue weighted by Crippen LogP contribution is -1.85. The molecule has 0 saturated carbocycles. The van der Waals surface area contributed by atoms with Crippen LogP contribution in [0.4, 0.5) is 0 Å². The summed E-state index contributed by atoms with van der Waals surface area (Å²) >= 11 is 6.69. The van der Waals surface area contributed by atoms with Crippen LogP contribution < -0.4 is 0 Å². The van der Waals surface area contributed by atoms with Gasteiger partial charge in [-0.2, -0.15) is 0 Å². The van der Waals surface area contributed by atoms with Crippen LogP contribution in [0.5, 0.6) is 0 Å². The van der Waals surface area contributed by atoms with Gasteiger partial charge < -0.3 is 4.89 Å². The number of alkyl halides is 1. The summed E-state index contributed by atoms with van der Waals surface area (Å²) in [7, 11) is -3.04. The fourth-order valence-electron chi connectivity index (χ4n) is 0.352. The Labute approximate surface area is 70.1 Å². The maximum atomic E-state index is 10.9. The summed E-state index contributed by atoms with van der Waals surface area (Å²) in [5, 5.41) is 1.60. The molecule has 5 heteroatoms. The molecule has 2 nitrogen and oxygen atoms in total. The quantitative estimate of drug-likeness (QED) is 0.559. The van der Waals surface area contributed by atoms with Crippen LogP contribution in [0.25, 0.3) is 0 Å². The van der Waals surface area contributed by atoms with Crippen molar-refractivity contribution in [1.29, 1.82) is 0 Å². The Hall–Kier alpha value is 0.570. The second-order valence-corrected chi connectivity index (χ2v) is 5.07. The molecule has 0 aliphatic carbocycles. The summed E-state index contributed by atoms with van der Waals surface area (Å²) in [6.07, 6.45) is 1.99. The SMILES string of the molecule is CSC=CP(=O)(O)CCCl. The Balaban J connectivity index is 3.86. The predicted molar refractivity (Wildman–Crippen MR) is 48.1 cm³/mol. The molecule has 0 aromatic carbocycles. The zero-order chi connectivity index (χ0) is 8.04. The molecule has 0 aliphatic heterocycles. The molecule has 60 valence electrons. The number of hydrogen-bond acceptors (Lipinski definition) is 2. The van der Waals surface area contributed by atoms with Gasteiger partial charge in [-0.15, -0.1) is 23.4 Å². The molecule has 0 heterocycles. The lowest BCUT2D eigenvalue weighted by Gasteiger charge is -2.01. The molecule has 10 heavy (non-hydrogen) atoms. The molecule has 0 aromatic heterocycles. The largest absolute Gasteiger partial charge is 0.341 e. The lowest BCUT2D eigenvalue weighted by molar-refractivity contribution is 0.490. The van der Waals surface area contributed by atoms with E-state index < -0.39 is 7.37 Å². The second-order valence-electron chi connectivity index (χ2n) is 1.69. The number of hydrogen-bond donors (Lipinski definition) is 1. The van der Waals surface area contributed by atoms with Crippen molar-refractivity contribution in [3.05, 3.63) is 11.2 Å². The van der Waals surface area contributed by atoms with Crippen LogP contribution in [0.1, 0.15) is 0 Å². The van der Waals surface area contributed by atoms with Crippen molar-refractivity contribution < 1.29 is 9.46 Å². The highest BCUT2D eigenvalue weighted by molar-refractivity contribution is 8.01. The molecule has 0 fully saturated rings. The highest BCUT2D eigenvalue weighted by Crippen LogP contribution is 2.42. The minimum atomic E-state index is -3.04. The summed E-state index contributed by atoms with van der Waals surface area (Å²) in [6, 6.07) is 0. The van der Waals surface area contributed by atoms with Crippen LogP contribution in [-0.4, -0.2) is 23.2 Å². The first-order valence-electron chi connectivity index (χ1n) is 2.70. The maximum absolute atomic E-state index is 10.9. The van der Waals surface area contributed by atoms with E-state index in [-0.39, 0.29) is 12.0 Å². The fraction of sp³-hybridized carbons (Fsp3) is 0.600. The third-order valence-electron chi connectivity index (χ3n) is 0.835. The van der Waals surface area contributed by atoms with Gasteiger partial charge in [-0.1, -0.05) is 0 Å². The molecule has 1 atom stereocenters. The number of thioether (sulfide) groups is 1. The zero-order valence-electron chi connectivity index (χ0n) is 5.66. The van der Waals surface area contributed by atoms with Crippen molar-refractivity contribution in [2.45, 2.75) is 0 Å². The molecule has 0 radical (unpaired) electrons. The molecule has 1 unspecified atom stereocenters. The van der Waals surface area contributed by atoms with Gasteiger partial charge in [0.25, 0.3) is 0 Å². The van der Waals surface area contributed by atoms with E-state index in [9.17, 15) is 4.57 Å². The van der Waals surface area contributed by atoms with Crippen LogP contribution in [0.15, 0.2) is 11.2 Å². The number of rotatable bonds is 4. The Morgan fingerprint density at radius 2 is 2.40 bits per heavy atom. The minimum Gasteiger partial charge on any atom is -0.341 e. The van der Waals surface area contributed by atoms with Gasteiger partial charge in [0.05, 0.1) is 0 Å². The monoisotopic (exact) mass is 200 g/mol. The molecule has 0 amide bonds. The van der Waals surface area contributed by atoms with Gasteiger partial charge in [-0.3, -0.25) is 4.57 Å². The summed E-state index contributed by atoms with van der Waals surface area (Å²) in [4.78, 5) is 9.02. The minimum absolute atomic E-state index is 0.158. The molecular weight excluding hydrogens is 191 g/mol. The summed E-state index contributed by atoms with van der Waals surface area (Å²) in [6.45, 7) is 0. The van der Waals surface area contributed by atoms with Crippen molar-refractivity contribution in [3.63, 3.8) is 0 Å². The van der Waals surface area contributed by atoms with Crippen molar-refractivity contribution >= 4 is 30.7 Å². The van der Waals surface area contributed by atoms with E-state index in [0.29, 0.717) is 0 Å². The van der Waals surface area contributed by atoms with E-state index in [2.05, 4.69) is 0 Å². The van der Waals surface area contributed by atoms with Gasteiger partial charge in [0, 0.05) is 17.9 Å². The Bertz CT molecular complexity index is 160. The maximum Gasteiger partial charge on any atom is 0.224 e. The van der Waals surface area contributed by atoms with Crippen molar-refractivity contribution in [2.75, 3.05) is 18.3 Å². The summed E-state index contributed by atoms with van der Waals surface area (Å²) in [5.74, 6) is 1.55. The Kier molecular flexibility index (Phi) is 5.55. The molecule has 0 rings (SSSR count). The predicted octanol–water partition coefficient (Wildman–Crippen LogP) is 2.33. The first-order valence-corrected chi connectivity index (χ1v) is 6.44. The van der Waals surface area contributed by atoms with E-state index in [0.717, 1.165) is 0 Å². The Morgan fingerprint density at radius 1 is 1.80 bits per heavy atom. The van der Waals surface area contributed by atoms with Crippen LogP contribution in [0.3, 0.4) is 0 Å². The van der Waals surface area contributed by atoms with Gasteiger partial charge in [0.15, 0.2) is 0 Å². The molecule has 0 spiro atoms. The molecular formula is C5H10ClO2PS. The standard InChI is InChI=1S/C5H10ClO2PS/c1-10-5-4-9(7,8)3-2-6/h4-5H,2-3H2,1H3,(H,7,8). The lowest BCUT2D eigenvalue weighted by atomic mass is 11.0. The second kappa shape index (κ2) is 5.25. The van der Waals surface area contributed by atoms with Crippen LogP contribution in [0.2, 0.25) is 0 Å². The van der Waals surface area contributed by atoms with Crippen LogP contribution in [0, 0.1) is 0 Å². The molecule has 0 aliphatic rings. The normalized spacial score (nSPS) is 17.5. The van der Waals surface area contributed by atoms with Gasteiger partial charge in [0.2, 0.25) is 7.37 Å². The first kappa shape index (κ1) is 10.6. The highest BCUT2D eigenvalue weighted by Gasteiger charge is 2.10. The third-order valence-corrected chi connectivity index (χ3v) is 3.38. The fourth-order valence-corrected chi connectivity index (χ4v) is 2.72. The zero-order valence-corrected chi connectivity index (χ0v) is 8.12. The smallest absolute Gasteiger partial charge is 0.224 e. The van der Waals surface area contributed by atoms with Gasteiger partial charge in [-0.25, -0.2) is 0 Å². The number of halogens is 1. The average Bonchev–Trinajstić information content (AvgIpc) is 1.84. The summed E-state index contributed by atoms with van der Waals surface area (Å²) < 4.78 is 10.9. The van der Waals surface area contributed by atoms with Gasteiger partial charge in [0.1, 0.15) is 0 Å². The Morgan fingerprint density at radius 3 is 2.80 bits per heavy atom. The van der Waals surface area contributed by atoms with Crippen molar-refractivity contribution in [1.82, 2.24) is 0 Å². The van der Waals surface area contributed by atoms with E-state index >= 15 is 0 Å². The van der Waals surface area contributed by atoms with Gasteiger partial charge in [-0.05, 0) is 11.7 Å². The summed E-state index contributed by atoms with van der Waals surface area (Å²) in [5.41, 5.74) is 0. The first-order chi connectivity index (χ1) is 4.62. The van der Waals surface area contributed by atoms with E-state index in [1.165, 1.54) is 17.6 Å². The van der Waals surface area contributed by atoms with Crippen molar-refractivity contribution in [3.8, 4) is 0 Å². The van der Waals surface area contributed by atoms with E-state index in [1.54, 1.807) is 5.41 Å². The topological polar surface area (TPSA) is 37.3 Å². The van der Waals surface area contributed by atoms with Gasteiger partial charge >= 0.3 is 0 Å². The molecule has 0 aromatic rings. The van der Waals surface area contributed by atoms with E-state index in [1.807, 2.05) is 6.26 Å².